The van der Waals surface area contributed by atoms with Crippen molar-refractivity contribution in [2.75, 3.05) is 6.54 Å². The highest BCUT2D eigenvalue weighted by molar-refractivity contribution is 7.89. The molecule has 0 atom stereocenters. The molecule has 0 saturated heterocycles. The molecule has 0 spiro atoms. The normalized spacial score (nSPS) is 18.7. The molecule has 1 aliphatic rings. The Morgan fingerprint density at radius 2 is 1.67 bits per heavy atom. The van der Waals surface area contributed by atoms with Crippen molar-refractivity contribution >= 4 is 54.9 Å². The van der Waals surface area contributed by atoms with Crippen molar-refractivity contribution in [1.29, 1.82) is 0 Å². The van der Waals surface area contributed by atoms with E-state index in [9.17, 15) is 18.0 Å². The first-order valence-corrected chi connectivity index (χ1v) is 13.3. The smallest absolute Gasteiger partial charge is 0.273 e. The average Bonchev–Trinajstić information content (AvgIpc) is 3.26. The van der Waals surface area contributed by atoms with Crippen LogP contribution in [-0.2, 0) is 14.8 Å². The Morgan fingerprint density at radius 1 is 0.970 bits per heavy atom. The van der Waals surface area contributed by atoms with Crippen LogP contribution in [-0.4, -0.2) is 26.8 Å². The zero-order chi connectivity index (χ0) is 23.4. The second-order valence-corrected chi connectivity index (χ2v) is 11.4. The summed E-state index contributed by atoms with van der Waals surface area (Å²) in [5.74, 6) is -0.611. The van der Waals surface area contributed by atoms with E-state index in [0.29, 0.717) is 29.3 Å². The van der Waals surface area contributed by atoms with E-state index in [1.165, 1.54) is 23.5 Å². The van der Waals surface area contributed by atoms with Crippen molar-refractivity contribution in [2.45, 2.75) is 30.6 Å². The third-order valence-corrected chi connectivity index (χ3v) is 8.66. The van der Waals surface area contributed by atoms with Gasteiger partial charge < -0.3 is 0 Å². The summed E-state index contributed by atoms with van der Waals surface area (Å²) in [6.45, 7) is 0.321. The number of halogens is 1. The number of amides is 2. The highest BCUT2D eigenvalue weighted by atomic mass is 35.5. The van der Waals surface area contributed by atoms with Gasteiger partial charge in [0, 0.05) is 22.2 Å². The standard InChI is InChI=1S/C23H24ClN3O4S2/c24-18-9-11-19(12-10-18)33(30,31)25-14-15-5-7-16(8-6-15)22(28)26-27-23(29)21-13-17-3-1-2-4-20(17)32-21/h1-4,9-13,15-16,25H,5-8,14H2,(H,26,28)(H,27,29). The lowest BCUT2D eigenvalue weighted by molar-refractivity contribution is -0.127. The van der Waals surface area contributed by atoms with Gasteiger partial charge in [-0.25, -0.2) is 13.1 Å². The van der Waals surface area contributed by atoms with Crippen molar-refractivity contribution in [2.24, 2.45) is 11.8 Å². The van der Waals surface area contributed by atoms with Gasteiger partial charge >= 0.3 is 0 Å². The molecule has 3 aromatic rings. The van der Waals surface area contributed by atoms with Crippen LogP contribution in [0.2, 0.25) is 5.02 Å². The lowest BCUT2D eigenvalue weighted by Gasteiger charge is -2.27. The summed E-state index contributed by atoms with van der Waals surface area (Å²) in [5.41, 5.74) is 5.04. The fourth-order valence-corrected chi connectivity index (χ4v) is 6.13. The molecule has 1 saturated carbocycles. The van der Waals surface area contributed by atoms with Gasteiger partial charge in [0.25, 0.3) is 5.91 Å². The molecule has 2 aromatic carbocycles. The molecular weight excluding hydrogens is 482 g/mol. The first-order chi connectivity index (χ1) is 15.8. The summed E-state index contributed by atoms with van der Waals surface area (Å²) >= 11 is 7.19. The predicted octanol–water partition coefficient (Wildman–Crippen LogP) is 4.10. The Hall–Kier alpha value is -2.46. The molecule has 1 fully saturated rings. The van der Waals surface area contributed by atoms with Crippen LogP contribution in [0, 0.1) is 11.8 Å². The van der Waals surface area contributed by atoms with E-state index in [1.807, 2.05) is 24.3 Å². The van der Waals surface area contributed by atoms with Crippen LogP contribution in [0.5, 0.6) is 0 Å². The Kier molecular flexibility index (Phi) is 7.33. The second-order valence-electron chi connectivity index (χ2n) is 8.12. The van der Waals surface area contributed by atoms with Crippen LogP contribution in [0.3, 0.4) is 0 Å². The predicted molar refractivity (Wildman–Crippen MR) is 130 cm³/mol. The van der Waals surface area contributed by atoms with Crippen LogP contribution < -0.4 is 15.6 Å². The number of hydrogen-bond donors (Lipinski definition) is 3. The second kappa shape index (κ2) is 10.2. The van der Waals surface area contributed by atoms with Crippen LogP contribution in [0.25, 0.3) is 10.1 Å². The maximum Gasteiger partial charge on any atom is 0.279 e. The molecule has 1 aliphatic carbocycles. The molecule has 3 N–H and O–H groups in total. The molecule has 33 heavy (non-hydrogen) atoms. The average molecular weight is 506 g/mol. The number of thiophene rings is 1. The summed E-state index contributed by atoms with van der Waals surface area (Å²) in [7, 11) is -3.60. The van der Waals surface area contributed by atoms with E-state index >= 15 is 0 Å². The van der Waals surface area contributed by atoms with Gasteiger partial charge in [-0.2, -0.15) is 0 Å². The lowest BCUT2D eigenvalue weighted by Crippen LogP contribution is -2.45. The van der Waals surface area contributed by atoms with E-state index < -0.39 is 10.0 Å². The Bertz CT molecular complexity index is 1220. The molecule has 7 nitrogen and oxygen atoms in total. The van der Waals surface area contributed by atoms with Gasteiger partial charge in [-0.1, -0.05) is 29.8 Å². The van der Waals surface area contributed by atoms with Gasteiger partial charge in [0.2, 0.25) is 15.9 Å². The van der Waals surface area contributed by atoms with Gasteiger partial charge in [-0.3, -0.25) is 20.4 Å². The Morgan fingerprint density at radius 3 is 2.36 bits per heavy atom. The molecular formula is C23H24ClN3O4S2. The number of fused-ring (bicyclic) bond motifs is 1. The van der Waals surface area contributed by atoms with Crippen LogP contribution in [0.4, 0.5) is 0 Å². The van der Waals surface area contributed by atoms with Gasteiger partial charge in [0.1, 0.15) is 0 Å². The molecule has 0 unspecified atom stereocenters. The molecule has 0 radical (unpaired) electrons. The largest absolute Gasteiger partial charge is 0.279 e. The van der Waals surface area contributed by atoms with Gasteiger partial charge in [-0.05, 0) is 73.4 Å². The topological polar surface area (TPSA) is 104 Å². The number of hydrazine groups is 1. The number of benzene rings is 2. The number of nitrogens with one attached hydrogen (secondary N) is 3. The third kappa shape index (κ3) is 5.92. The molecule has 2 amide bonds. The lowest BCUT2D eigenvalue weighted by atomic mass is 9.82. The van der Waals surface area contributed by atoms with Crippen molar-refractivity contribution < 1.29 is 18.0 Å². The number of rotatable bonds is 6. The number of carbonyl (C=O) groups is 2. The molecule has 0 aliphatic heterocycles. The van der Waals surface area contributed by atoms with Gasteiger partial charge in [-0.15, -0.1) is 11.3 Å². The zero-order valence-electron chi connectivity index (χ0n) is 17.7. The monoisotopic (exact) mass is 505 g/mol. The quantitative estimate of drug-likeness (QED) is 0.439. The molecule has 10 heteroatoms. The summed E-state index contributed by atoms with van der Waals surface area (Å²) in [6.07, 6.45) is 2.73. The number of sulfonamides is 1. The summed E-state index contributed by atoms with van der Waals surface area (Å²) < 4.78 is 28.5. The number of hydrogen-bond acceptors (Lipinski definition) is 5. The molecule has 1 aromatic heterocycles. The van der Waals surface area contributed by atoms with E-state index in [2.05, 4.69) is 15.6 Å². The van der Waals surface area contributed by atoms with Gasteiger partial charge in [0.15, 0.2) is 0 Å². The van der Waals surface area contributed by atoms with E-state index in [1.54, 1.807) is 18.2 Å². The maximum absolute atomic E-state index is 12.5. The maximum atomic E-state index is 12.5. The number of carbonyl (C=O) groups excluding carboxylic acids is 2. The van der Waals surface area contributed by atoms with Gasteiger partial charge in [0.05, 0.1) is 9.77 Å². The first kappa shape index (κ1) is 23.7. The highest BCUT2D eigenvalue weighted by Crippen LogP contribution is 2.29. The Balaban J connectivity index is 1.21. The fourth-order valence-electron chi connectivity index (χ4n) is 3.93. The summed E-state index contributed by atoms with van der Waals surface area (Å²) in [4.78, 5) is 25.6. The van der Waals surface area contributed by atoms with Crippen molar-refractivity contribution in [1.82, 2.24) is 15.6 Å². The minimum absolute atomic E-state index is 0.157. The summed E-state index contributed by atoms with van der Waals surface area (Å²) in [6, 6.07) is 15.5. The fraction of sp³-hybridized carbons (Fsp3) is 0.304. The summed E-state index contributed by atoms with van der Waals surface area (Å²) in [5, 5.41) is 1.47. The molecule has 174 valence electrons. The minimum atomic E-state index is -3.60. The van der Waals surface area contributed by atoms with Crippen LogP contribution in [0.15, 0.2) is 59.5 Å². The van der Waals surface area contributed by atoms with E-state index in [0.717, 1.165) is 22.9 Å². The SMILES string of the molecule is O=C(NNC(=O)C1CCC(CNS(=O)(=O)c2ccc(Cl)cc2)CC1)c1cc2ccccc2s1. The van der Waals surface area contributed by atoms with Crippen molar-refractivity contribution in [3.8, 4) is 0 Å². The van der Waals surface area contributed by atoms with E-state index in [-0.39, 0.29) is 28.5 Å². The Labute approximate surface area is 201 Å². The zero-order valence-corrected chi connectivity index (χ0v) is 20.1. The molecule has 4 rings (SSSR count). The molecule has 1 heterocycles. The van der Waals surface area contributed by atoms with Crippen LogP contribution in [0.1, 0.15) is 35.4 Å². The third-order valence-electron chi connectivity index (χ3n) is 5.85. The van der Waals surface area contributed by atoms with Crippen molar-refractivity contribution in [3.63, 3.8) is 0 Å². The van der Waals surface area contributed by atoms with E-state index in [4.69, 9.17) is 11.6 Å². The van der Waals surface area contributed by atoms with Crippen LogP contribution >= 0.6 is 22.9 Å². The highest BCUT2D eigenvalue weighted by Gasteiger charge is 2.27. The molecule has 0 bridgehead atoms. The van der Waals surface area contributed by atoms with Crippen molar-refractivity contribution in [3.05, 3.63) is 64.5 Å². The minimum Gasteiger partial charge on any atom is -0.273 e. The first-order valence-electron chi connectivity index (χ1n) is 10.7.